The van der Waals surface area contributed by atoms with Crippen molar-refractivity contribution in [2.45, 2.75) is 0 Å². The fourth-order valence-electron chi connectivity index (χ4n) is 4.66. The molecule has 0 fully saturated rings. The molecule has 0 aliphatic carbocycles. The van der Waals surface area contributed by atoms with Gasteiger partial charge >= 0.3 is 0 Å². The summed E-state index contributed by atoms with van der Waals surface area (Å²) < 4.78 is 5.28. The first-order chi connectivity index (χ1) is 18.7. The fraction of sp³-hybridized carbons (Fsp3) is 0. The molecule has 3 N–H and O–H groups in total. The van der Waals surface area contributed by atoms with Crippen LogP contribution in [0.3, 0.4) is 0 Å². The van der Waals surface area contributed by atoms with Gasteiger partial charge in [-0.1, -0.05) is 30.3 Å². The molecule has 0 bridgehead atoms. The second-order valence-corrected chi connectivity index (χ2v) is 8.94. The summed E-state index contributed by atoms with van der Waals surface area (Å²) in [6, 6.07) is 22.9. The molecule has 1 amide bonds. The fourth-order valence-corrected chi connectivity index (χ4v) is 4.66. The number of H-pyrrole nitrogens is 2. The second kappa shape index (κ2) is 8.86. The monoisotopic (exact) mass is 496 g/mol. The van der Waals surface area contributed by atoms with Crippen LogP contribution in [0, 0.1) is 0 Å². The highest BCUT2D eigenvalue weighted by Crippen LogP contribution is 2.34. The number of hydrogen-bond donors (Lipinski definition) is 3. The molecule has 0 saturated heterocycles. The summed E-state index contributed by atoms with van der Waals surface area (Å²) in [6.45, 7) is 0. The first kappa shape index (κ1) is 21.8. The number of benzene rings is 2. The second-order valence-electron chi connectivity index (χ2n) is 8.94. The zero-order valence-electron chi connectivity index (χ0n) is 20.0. The van der Waals surface area contributed by atoms with Gasteiger partial charge < -0.3 is 14.7 Å². The third kappa shape index (κ3) is 3.81. The smallest absolute Gasteiger partial charge is 0.255 e. The van der Waals surface area contributed by atoms with Gasteiger partial charge in [-0.2, -0.15) is 5.10 Å². The molecule has 2 aromatic carbocycles. The Hall–Kier alpha value is -5.50. The lowest BCUT2D eigenvalue weighted by molar-refractivity contribution is 0.102. The third-order valence-corrected chi connectivity index (χ3v) is 6.54. The van der Waals surface area contributed by atoms with E-state index in [1.54, 1.807) is 37.1 Å². The predicted molar refractivity (Wildman–Crippen MR) is 147 cm³/mol. The van der Waals surface area contributed by atoms with Crippen molar-refractivity contribution in [2.75, 3.05) is 5.32 Å². The number of furan rings is 1. The highest BCUT2D eigenvalue weighted by Gasteiger charge is 2.16. The molecule has 38 heavy (non-hydrogen) atoms. The SMILES string of the molecule is O=C(Nc1cccc(-c2cnc3[nH]nc(-c4cc5c(-c6ccoc6)cncc5[nH]4)c3c2)c1)c1ccccc1. The first-order valence-electron chi connectivity index (χ1n) is 12.0. The molecule has 5 heterocycles. The van der Waals surface area contributed by atoms with E-state index in [1.807, 2.05) is 54.7 Å². The van der Waals surface area contributed by atoms with Gasteiger partial charge in [0.1, 0.15) is 5.69 Å². The van der Waals surface area contributed by atoms with Crippen LogP contribution in [0.15, 0.2) is 108 Å². The van der Waals surface area contributed by atoms with Crippen molar-refractivity contribution < 1.29 is 9.21 Å². The van der Waals surface area contributed by atoms with Crippen LogP contribution < -0.4 is 5.32 Å². The van der Waals surface area contributed by atoms with Crippen LogP contribution in [0.2, 0.25) is 0 Å². The van der Waals surface area contributed by atoms with Crippen LogP contribution in [0.4, 0.5) is 5.69 Å². The van der Waals surface area contributed by atoms with E-state index in [2.05, 4.69) is 42.6 Å². The van der Waals surface area contributed by atoms with Gasteiger partial charge in [-0.05, 0) is 48.0 Å². The summed E-state index contributed by atoms with van der Waals surface area (Å²) in [4.78, 5) is 25.1. The third-order valence-electron chi connectivity index (χ3n) is 6.54. The van der Waals surface area contributed by atoms with Crippen molar-refractivity contribution in [2.24, 2.45) is 0 Å². The topological polar surface area (TPSA) is 112 Å². The minimum Gasteiger partial charge on any atom is -0.472 e. The predicted octanol–water partition coefficient (Wildman–Crippen LogP) is 6.68. The van der Waals surface area contributed by atoms with Crippen molar-refractivity contribution in [1.29, 1.82) is 0 Å². The zero-order valence-corrected chi connectivity index (χ0v) is 20.0. The van der Waals surface area contributed by atoms with Gasteiger partial charge in [-0.25, -0.2) is 4.98 Å². The Morgan fingerprint density at radius 1 is 0.842 bits per heavy atom. The number of carbonyl (C=O) groups is 1. The Morgan fingerprint density at radius 2 is 1.76 bits per heavy atom. The molecule has 182 valence electrons. The maximum atomic E-state index is 12.6. The number of hydrogen-bond acceptors (Lipinski definition) is 5. The molecular weight excluding hydrogens is 476 g/mol. The Bertz CT molecular complexity index is 1920. The standard InChI is InChI=1S/C30H20N6O2/c37-30(18-5-2-1-3-6-18)33-22-8-4-7-19(11-22)21-12-24-28(35-36-29(24)32-14-21)26-13-23-25(20-9-10-38-17-20)15-31-16-27(23)34-26/h1-17,34H,(H,33,37)(H,32,35,36). The number of carbonyl (C=O) groups excluding carboxylic acids is 1. The Kier molecular flexibility index (Phi) is 5.07. The van der Waals surface area contributed by atoms with E-state index < -0.39 is 0 Å². The van der Waals surface area contributed by atoms with Gasteiger partial charge in [0, 0.05) is 51.1 Å². The number of rotatable bonds is 5. The Morgan fingerprint density at radius 3 is 2.63 bits per heavy atom. The van der Waals surface area contributed by atoms with E-state index in [9.17, 15) is 4.79 Å². The van der Waals surface area contributed by atoms with Gasteiger partial charge in [0.05, 0.1) is 29.9 Å². The molecule has 0 aliphatic heterocycles. The molecule has 0 aliphatic rings. The number of nitrogens with zero attached hydrogens (tertiary/aromatic N) is 3. The highest BCUT2D eigenvalue weighted by atomic mass is 16.3. The summed E-state index contributed by atoms with van der Waals surface area (Å²) in [6.07, 6.45) is 8.79. The van der Waals surface area contributed by atoms with E-state index >= 15 is 0 Å². The summed E-state index contributed by atoms with van der Waals surface area (Å²) >= 11 is 0. The molecule has 7 rings (SSSR count). The quantitative estimate of drug-likeness (QED) is 0.246. The van der Waals surface area contributed by atoms with Crippen molar-refractivity contribution in [3.63, 3.8) is 0 Å². The molecule has 7 aromatic rings. The number of anilines is 1. The van der Waals surface area contributed by atoms with Gasteiger partial charge in [-0.15, -0.1) is 0 Å². The lowest BCUT2D eigenvalue weighted by atomic mass is 10.0. The lowest BCUT2D eigenvalue weighted by Crippen LogP contribution is -2.11. The molecule has 0 spiro atoms. The van der Waals surface area contributed by atoms with Gasteiger partial charge in [0.15, 0.2) is 5.65 Å². The van der Waals surface area contributed by atoms with E-state index in [0.717, 1.165) is 49.9 Å². The average molecular weight is 497 g/mol. The number of aromatic nitrogens is 5. The Labute approximate surface area is 216 Å². The minimum atomic E-state index is -0.156. The molecular formula is C30H20N6O2. The van der Waals surface area contributed by atoms with Crippen LogP contribution in [0.1, 0.15) is 10.4 Å². The normalized spacial score (nSPS) is 11.3. The molecule has 0 unspecified atom stereocenters. The molecule has 0 radical (unpaired) electrons. The van der Waals surface area contributed by atoms with E-state index in [4.69, 9.17) is 4.42 Å². The van der Waals surface area contributed by atoms with Crippen molar-refractivity contribution in [1.82, 2.24) is 25.1 Å². The van der Waals surface area contributed by atoms with Crippen molar-refractivity contribution in [3.8, 4) is 33.6 Å². The van der Waals surface area contributed by atoms with E-state index in [-0.39, 0.29) is 5.91 Å². The molecule has 5 aromatic heterocycles. The maximum absolute atomic E-state index is 12.6. The summed E-state index contributed by atoms with van der Waals surface area (Å²) in [5, 5.41) is 12.5. The number of aromatic amines is 2. The molecule has 8 heteroatoms. The average Bonchev–Trinajstić information content (AvgIpc) is 3.73. The Balaban J connectivity index is 1.25. The number of nitrogens with one attached hydrogen (secondary N) is 3. The van der Waals surface area contributed by atoms with Crippen LogP contribution >= 0.6 is 0 Å². The summed E-state index contributed by atoms with van der Waals surface area (Å²) in [5.74, 6) is -0.156. The zero-order chi connectivity index (χ0) is 25.5. The number of pyridine rings is 2. The van der Waals surface area contributed by atoms with Crippen LogP contribution in [-0.4, -0.2) is 31.1 Å². The maximum Gasteiger partial charge on any atom is 0.255 e. The van der Waals surface area contributed by atoms with Crippen LogP contribution in [0.5, 0.6) is 0 Å². The molecule has 0 saturated carbocycles. The van der Waals surface area contributed by atoms with Crippen molar-refractivity contribution >= 4 is 33.5 Å². The van der Waals surface area contributed by atoms with Gasteiger partial charge in [-0.3, -0.25) is 14.9 Å². The lowest BCUT2D eigenvalue weighted by Gasteiger charge is -2.08. The number of amides is 1. The summed E-state index contributed by atoms with van der Waals surface area (Å²) in [7, 11) is 0. The summed E-state index contributed by atoms with van der Waals surface area (Å²) in [5.41, 5.74) is 8.30. The van der Waals surface area contributed by atoms with Crippen LogP contribution in [-0.2, 0) is 0 Å². The minimum absolute atomic E-state index is 0.156. The molecule has 8 nitrogen and oxygen atoms in total. The number of fused-ring (bicyclic) bond motifs is 2. The van der Waals surface area contributed by atoms with Crippen molar-refractivity contribution in [3.05, 3.63) is 109 Å². The van der Waals surface area contributed by atoms with Gasteiger partial charge in [0.2, 0.25) is 0 Å². The first-order valence-corrected chi connectivity index (χ1v) is 12.0. The van der Waals surface area contributed by atoms with Crippen LogP contribution in [0.25, 0.3) is 55.6 Å². The van der Waals surface area contributed by atoms with E-state index in [0.29, 0.717) is 16.9 Å². The highest BCUT2D eigenvalue weighted by molar-refractivity contribution is 6.04. The largest absolute Gasteiger partial charge is 0.472 e. The van der Waals surface area contributed by atoms with Gasteiger partial charge in [0.25, 0.3) is 5.91 Å². The van der Waals surface area contributed by atoms with E-state index in [1.165, 1.54) is 0 Å². The molecule has 0 atom stereocenters.